The fourth-order valence-corrected chi connectivity index (χ4v) is 2.86. The van der Waals surface area contributed by atoms with E-state index in [-0.39, 0.29) is 12.7 Å². The van der Waals surface area contributed by atoms with Gasteiger partial charge in [0.05, 0.1) is 19.4 Å². The summed E-state index contributed by atoms with van der Waals surface area (Å²) in [6.45, 7) is 3.50. The van der Waals surface area contributed by atoms with Crippen LogP contribution in [0.1, 0.15) is 15.9 Å². The van der Waals surface area contributed by atoms with Crippen LogP contribution >= 0.6 is 0 Å². The third-order valence-corrected chi connectivity index (χ3v) is 4.28. The molecular weight excluding hydrogens is 334 g/mol. The molecule has 2 aliphatic heterocycles. The third-order valence-electron chi connectivity index (χ3n) is 4.28. The molecule has 1 N–H and O–H groups in total. The molecule has 7 heteroatoms. The largest absolute Gasteiger partial charge is 0.454 e. The summed E-state index contributed by atoms with van der Waals surface area (Å²) in [6.07, 6.45) is 1.62. The van der Waals surface area contributed by atoms with Crippen LogP contribution in [0.4, 0.5) is 5.69 Å². The van der Waals surface area contributed by atoms with Crippen molar-refractivity contribution >= 4 is 17.8 Å². The Morgan fingerprint density at radius 2 is 1.81 bits per heavy atom. The van der Waals surface area contributed by atoms with Gasteiger partial charge in [-0.1, -0.05) is 12.1 Å². The number of fused-ring (bicyclic) bond motifs is 1. The van der Waals surface area contributed by atoms with Crippen molar-refractivity contribution in [3.63, 3.8) is 0 Å². The lowest BCUT2D eigenvalue weighted by Gasteiger charge is -2.28. The molecule has 0 bridgehead atoms. The van der Waals surface area contributed by atoms with Crippen molar-refractivity contribution < 1.29 is 19.0 Å². The van der Waals surface area contributed by atoms with Crippen LogP contribution in [0.2, 0.25) is 0 Å². The Morgan fingerprint density at radius 1 is 1.04 bits per heavy atom. The Morgan fingerprint density at radius 3 is 2.62 bits per heavy atom. The summed E-state index contributed by atoms with van der Waals surface area (Å²) in [5, 5.41) is 4.02. The summed E-state index contributed by atoms with van der Waals surface area (Å²) in [7, 11) is 0. The average Bonchev–Trinajstić information content (AvgIpc) is 3.17. The number of rotatable bonds is 4. The lowest BCUT2D eigenvalue weighted by Crippen LogP contribution is -2.36. The van der Waals surface area contributed by atoms with Crippen LogP contribution in [0.3, 0.4) is 0 Å². The highest BCUT2D eigenvalue weighted by Gasteiger charge is 2.16. The number of morpholine rings is 1. The molecule has 26 heavy (non-hydrogen) atoms. The Bertz CT molecular complexity index is 814. The van der Waals surface area contributed by atoms with Crippen molar-refractivity contribution in [1.82, 2.24) is 5.43 Å². The zero-order valence-corrected chi connectivity index (χ0v) is 14.2. The summed E-state index contributed by atoms with van der Waals surface area (Å²) in [6, 6.07) is 13.1. The zero-order chi connectivity index (χ0) is 17.8. The lowest BCUT2D eigenvalue weighted by molar-refractivity contribution is 0.0954. The number of ether oxygens (including phenoxy) is 3. The highest BCUT2D eigenvalue weighted by atomic mass is 16.7. The van der Waals surface area contributed by atoms with E-state index in [2.05, 4.69) is 15.4 Å². The van der Waals surface area contributed by atoms with Crippen molar-refractivity contribution in [1.29, 1.82) is 0 Å². The van der Waals surface area contributed by atoms with E-state index >= 15 is 0 Å². The number of amides is 1. The SMILES string of the molecule is O=C(N/N=C/c1ccc(N2CCOCC2)cc1)c1ccc2c(c1)OCO2. The molecule has 0 unspecified atom stereocenters. The second kappa shape index (κ2) is 7.45. The van der Waals surface area contributed by atoms with Gasteiger partial charge in [0, 0.05) is 24.3 Å². The number of anilines is 1. The van der Waals surface area contributed by atoms with Crippen LogP contribution in [-0.2, 0) is 4.74 Å². The van der Waals surface area contributed by atoms with Crippen molar-refractivity contribution in [3.8, 4) is 11.5 Å². The summed E-state index contributed by atoms with van der Waals surface area (Å²) in [5.74, 6) is 0.912. The van der Waals surface area contributed by atoms with E-state index < -0.39 is 0 Å². The molecule has 1 fully saturated rings. The first-order valence-corrected chi connectivity index (χ1v) is 8.45. The summed E-state index contributed by atoms with van der Waals surface area (Å²) in [5.41, 5.74) is 5.06. The Kier molecular flexibility index (Phi) is 4.70. The van der Waals surface area contributed by atoms with Crippen molar-refractivity contribution in [2.24, 2.45) is 5.10 Å². The quantitative estimate of drug-likeness (QED) is 0.672. The van der Waals surface area contributed by atoms with Crippen molar-refractivity contribution in [2.45, 2.75) is 0 Å². The normalized spacial score (nSPS) is 16.1. The fourth-order valence-electron chi connectivity index (χ4n) is 2.86. The summed E-state index contributed by atoms with van der Waals surface area (Å²) >= 11 is 0. The van der Waals surface area contributed by atoms with Crippen LogP contribution < -0.4 is 19.8 Å². The molecule has 2 heterocycles. The molecule has 0 spiro atoms. The third kappa shape index (κ3) is 3.62. The van der Waals surface area contributed by atoms with E-state index in [0.717, 1.165) is 37.6 Å². The molecule has 2 aromatic carbocycles. The highest BCUT2D eigenvalue weighted by molar-refractivity contribution is 5.95. The molecule has 2 aromatic rings. The maximum absolute atomic E-state index is 12.2. The standard InChI is InChI=1S/C19H19N3O4/c23-19(15-3-6-17-18(11-15)26-13-25-17)21-20-12-14-1-4-16(5-2-14)22-7-9-24-10-8-22/h1-6,11-12H,7-10,13H2,(H,21,23)/b20-12+. The molecule has 0 aliphatic carbocycles. The molecule has 4 rings (SSSR count). The number of hydrazone groups is 1. The molecule has 2 aliphatic rings. The molecule has 0 radical (unpaired) electrons. The van der Waals surface area contributed by atoms with Crippen LogP contribution in [0.5, 0.6) is 11.5 Å². The molecule has 0 aromatic heterocycles. The van der Waals surface area contributed by atoms with E-state index in [1.165, 1.54) is 0 Å². The molecule has 1 saturated heterocycles. The van der Waals surface area contributed by atoms with Gasteiger partial charge in [-0.2, -0.15) is 5.10 Å². The number of carbonyl (C=O) groups excluding carboxylic acids is 1. The number of nitrogens with one attached hydrogen (secondary N) is 1. The van der Waals surface area contributed by atoms with Gasteiger partial charge in [0.2, 0.25) is 6.79 Å². The first-order valence-electron chi connectivity index (χ1n) is 8.45. The smallest absolute Gasteiger partial charge is 0.271 e. The van der Waals surface area contributed by atoms with Crippen LogP contribution in [0.15, 0.2) is 47.6 Å². The average molecular weight is 353 g/mol. The van der Waals surface area contributed by atoms with Crippen molar-refractivity contribution in [2.75, 3.05) is 38.0 Å². The number of carbonyl (C=O) groups is 1. The first-order chi connectivity index (χ1) is 12.8. The molecule has 0 atom stereocenters. The minimum absolute atomic E-state index is 0.180. The fraction of sp³-hybridized carbons (Fsp3) is 0.263. The van der Waals surface area contributed by atoms with E-state index in [1.54, 1.807) is 24.4 Å². The molecular formula is C19H19N3O4. The molecule has 7 nitrogen and oxygen atoms in total. The van der Waals surface area contributed by atoms with Gasteiger partial charge in [-0.05, 0) is 35.9 Å². The maximum atomic E-state index is 12.2. The summed E-state index contributed by atoms with van der Waals surface area (Å²) < 4.78 is 15.9. The highest BCUT2D eigenvalue weighted by Crippen LogP contribution is 2.32. The van der Waals surface area contributed by atoms with Gasteiger partial charge < -0.3 is 19.1 Å². The number of hydrogen-bond donors (Lipinski definition) is 1. The molecule has 1 amide bonds. The van der Waals surface area contributed by atoms with E-state index in [1.807, 2.05) is 24.3 Å². The van der Waals surface area contributed by atoms with E-state index in [9.17, 15) is 4.79 Å². The van der Waals surface area contributed by atoms with Crippen LogP contribution in [0, 0.1) is 0 Å². The predicted octanol–water partition coefficient (Wildman–Crippen LogP) is 2.02. The number of benzene rings is 2. The van der Waals surface area contributed by atoms with Gasteiger partial charge in [-0.15, -0.1) is 0 Å². The monoisotopic (exact) mass is 353 g/mol. The van der Waals surface area contributed by atoms with Crippen LogP contribution in [0.25, 0.3) is 0 Å². The Balaban J connectivity index is 1.35. The minimum Gasteiger partial charge on any atom is -0.454 e. The van der Waals surface area contributed by atoms with E-state index in [0.29, 0.717) is 17.1 Å². The lowest BCUT2D eigenvalue weighted by atomic mass is 10.2. The van der Waals surface area contributed by atoms with Gasteiger partial charge in [0.15, 0.2) is 11.5 Å². The molecule has 0 saturated carbocycles. The maximum Gasteiger partial charge on any atom is 0.271 e. The Hall–Kier alpha value is -3.06. The van der Waals surface area contributed by atoms with Gasteiger partial charge in [-0.25, -0.2) is 5.43 Å². The second-order valence-corrected chi connectivity index (χ2v) is 5.96. The predicted molar refractivity (Wildman–Crippen MR) is 97.1 cm³/mol. The number of hydrogen-bond acceptors (Lipinski definition) is 6. The molecule has 134 valence electrons. The zero-order valence-electron chi connectivity index (χ0n) is 14.2. The Labute approximate surface area is 151 Å². The number of nitrogens with zero attached hydrogens (tertiary/aromatic N) is 2. The van der Waals surface area contributed by atoms with Gasteiger partial charge in [0.25, 0.3) is 5.91 Å². The second-order valence-electron chi connectivity index (χ2n) is 5.96. The van der Waals surface area contributed by atoms with Gasteiger partial charge in [-0.3, -0.25) is 4.79 Å². The van der Waals surface area contributed by atoms with Crippen molar-refractivity contribution in [3.05, 3.63) is 53.6 Å². The van der Waals surface area contributed by atoms with E-state index in [4.69, 9.17) is 14.2 Å². The minimum atomic E-state index is -0.301. The topological polar surface area (TPSA) is 72.4 Å². The van der Waals surface area contributed by atoms with Gasteiger partial charge >= 0.3 is 0 Å². The van der Waals surface area contributed by atoms with Crippen LogP contribution in [-0.4, -0.2) is 45.2 Å². The summed E-state index contributed by atoms with van der Waals surface area (Å²) in [4.78, 5) is 14.4. The van der Waals surface area contributed by atoms with Gasteiger partial charge in [0.1, 0.15) is 0 Å². The first kappa shape index (κ1) is 16.4.